The topological polar surface area (TPSA) is 33.1 Å². The number of nitrogens with zero attached hydrogens (tertiary/aromatic N) is 3. The average Bonchev–Trinajstić information content (AvgIpc) is 2.71. The number of rotatable bonds is 4. The number of nitrogens with one attached hydrogen (secondary N) is 1. The Labute approximate surface area is 127 Å². The summed E-state index contributed by atoms with van der Waals surface area (Å²) < 4.78 is 2.04. The van der Waals surface area contributed by atoms with Gasteiger partial charge in [-0.05, 0) is 34.1 Å². The van der Waals surface area contributed by atoms with Crippen molar-refractivity contribution < 1.29 is 0 Å². The van der Waals surface area contributed by atoms with Crippen LogP contribution in [0.5, 0.6) is 0 Å². The summed E-state index contributed by atoms with van der Waals surface area (Å²) >= 11 is 6.44. The van der Waals surface area contributed by atoms with Crippen LogP contribution in [0.3, 0.4) is 0 Å². The molecule has 5 heteroatoms. The molecule has 1 fully saturated rings. The Morgan fingerprint density at radius 1 is 1.45 bits per heavy atom. The molecule has 1 saturated heterocycles. The van der Waals surface area contributed by atoms with Gasteiger partial charge in [0.2, 0.25) is 0 Å². The zero-order valence-electron chi connectivity index (χ0n) is 13.3. The summed E-state index contributed by atoms with van der Waals surface area (Å²) in [5.74, 6) is 0. The zero-order valence-corrected chi connectivity index (χ0v) is 14.1. The van der Waals surface area contributed by atoms with Crippen LogP contribution >= 0.6 is 11.6 Å². The zero-order chi connectivity index (χ0) is 14.9. The minimum Gasteiger partial charge on any atom is -0.309 e. The van der Waals surface area contributed by atoms with Gasteiger partial charge in [0.15, 0.2) is 0 Å². The summed E-state index contributed by atoms with van der Waals surface area (Å²) in [6.07, 6.45) is 1.13. The van der Waals surface area contributed by atoms with E-state index in [-0.39, 0.29) is 5.54 Å². The van der Waals surface area contributed by atoms with Crippen LogP contribution in [0.2, 0.25) is 5.02 Å². The first-order valence-corrected chi connectivity index (χ1v) is 7.99. The van der Waals surface area contributed by atoms with Crippen LogP contribution in [0.4, 0.5) is 0 Å². The maximum Gasteiger partial charge on any atom is 0.0860 e. The summed E-state index contributed by atoms with van der Waals surface area (Å²) in [5, 5.41) is 9.01. The number of aryl methyl sites for hydroxylation is 2. The van der Waals surface area contributed by atoms with E-state index in [9.17, 15) is 0 Å². The summed E-state index contributed by atoms with van der Waals surface area (Å²) in [7, 11) is 0. The molecule has 0 radical (unpaired) electrons. The average molecular weight is 299 g/mol. The molecule has 1 N–H and O–H groups in total. The minimum absolute atomic E-state index is 0.200. The Morgan fingerprint density at radius 2 is 2.15 bits per heavy atom. The minimum atomic E-state index is 0.200. The van der Waals surface area contributed by atoms with Gasteiger partial charge in [0.25, 0.3) is 0 Å². The third kappa shape index (κ3) is 3.02. The Kier molecular flexibility index (Phi) is 4.77. The number of aromatic nitrogens is 2. The largest absolute Gasteiger partial charge is 0.309 e. The lowest BCUT2D eigenvalue weighted by Crippen LogP contribution is -2.61. The van der Waals surface area contributed by atoms with Crippen LogP contribution in [0, 0.1) is 6.92 Å². The highest BCUT2D eigenvalue weighted by atomic mass is 35.5. The Balaban J connectivity index is 2.20. The second-order valence-electron chi connectivity index (χ2n) is 6.21. The maximum absolute atomic E-state index is 6.44. The SMILES string of the molecule is CCn1nc(C)c(Cl)c1CN1CC(C)(CC)NCC1C. The van der Waals surface area contributed by atoms with Gasteiger partial charge in [0.1, 0.15) is 0 Å². The van der Waals surface area contributed by atoms with Crippen molar-refractivity contribution in [2.24, 2.45) is 0 Å². The Morgan fingerprint density at radius 3 is 2.75 bits per heavy atom. The molecular weight excluding hydrogens is 272 g/mol. The van der Waals surface area contributed by atoms with E-state index in [2.05, 4.69) is 43.0 Å². The molecule has 1 aromatic heterocycles. The molecule has 114 valence electrons. The van der Waals surface area contributed by atoms with Crippen LogP contribution in [0.1, 0.15) is 45.5 Å². The lowest BCUT2D eigenvalue weighted by molar-refractivity contribution is 0.0841. The molecule has 0 amide bonds. The van der Waals surface area contributed by atoms with Gasteiger partial charge in [-0.25, -0.2) is 0 Å². The molecule has 0 spiro atoms. The highest BCUT2D eigenvalue weighted by Crippen LogP contribution is 2.25. The summed E-state index contributed by atoms with van der Waals surface area (Å²) in [6.45, 7) is 14.7. The molecule has 0 aromatic carbocycles. The van der Waals surface area contributed by atoms with Crippen molar-refractivity contribution in [2.75, 3.05) is 13.1 Å². The van der Waals surface area contributed by atoms with Gasteiger partial charge in [-0.1, -0.05) is 18.5 Å². The van der Waals surface area contributed by atoms with Crippen LogP contribution in [-0.2, 0) is 13.1 Å². The van der Waals surface area contributed by atoms with Gasteiger partial charge in [-0.15, -0.1) is 0 Å². The van der Waals surface area contributed by atoms with Crippen molar-refractivity contribution in [1.82, 2.24) is 20.0 Å². The van der Waals surface area contributed by atoms with Gasteiger partial charge >= 0.3 is 0 Å². The Hall–Kier alpha value is -0.580. The van der Waals surface area contributed by atoms with Crippen LogP contribution in [-0.4, -0.2) is 39.4 Å². The van der Waals surface area contributed by atoms with Crippen molar-refractivity contribution in [2.45, 2.75) is 65.7 Å². The standard InChI is InChI=1S/C15H27ClN4/c1-6-15(5)10-19(11(3)8-17-15)9-13-14(16)12(4)18-20(13)7-2/h11,17H,6-10H2,1-5H3. The summed E-state index contributed by atoms with van der Waals surface area (Å²) in [6, 6.07) is 0.520. The summed E-state index contributed by atoms with van der Waals surface area (Å²) in [5.41, 5.74) is 2.29. The third-order valence-corrected chi connectivity index (χ3v) is 5.08. The van der Waals surface area contributed by atoms with Crippen molar-refractivity contribution in [3.8, 4) is 0 Å². The first kappa shape index (κ1) is 15.8. The predicted octanol–water partition coefficient (Wildman–Crippen LogP) is 2.83. The number of halogens is 1. The van der Waals surface area contributed by atoms with Crippen LogP contribution in [0.15, 0.2) is 0 Å². The molecule has 0 saturated carbocycles. The van der Waals surface area contributed by atoms with Gasteiger partial charge in [-0.3, -0.25) is 9.58 Å². The van der Waals surface area contributed by atoms with Gasteiger partial charge in [-0.2, -0.15) is 5.10 Å². The van der Waals surface area contributed by atoms with E-state index in [1.807, 2.05) is 11.6 Å². The molecule has 2 unspecified atom stereocenters. The quantitative estimate of drug-likeness (QED) is 0.928. The van der Waals surface area contributed by atoms with Crippen molar-refractivity contribution in [3.05, 3.63) is 16.4 Å². The summed E-state index contributed by atoms with van der Waals surface area (Å²) in [4.78, 5) is 2.52. The molecular formula is C15H27ClN4. The Bertz CT molecular complexity index is 471. The first-order chi connectivity index (χ1) is 9.40. The fourth-order valence-corrected chi connectivity index (χ4v) is 3.04. The normalized spacial score (nSPS) is 28.0. The molecule has 1 aromatic rings. The number of hydrogen-bond donors (Lipinski definition) is 1. The highest BCUT2D eigenvalue weighted by molar-refractivity contribution is 6.31. The molecule has 2 heterocycles. The van der Waals surface area contributed by atoms with E-state index in [0.29, 0.717) is 6.04 Å². The number of hydrogen-bond acceptors (Lipinski definition) is 3. The van der Waals surface area contributed by atoms with Gasteiger partial charge in [0, 0.05) is 37.8 Å². The molecule has 20 heavy (non-hydrogen) atoms. The van der Waals surface area contributed by atoms with Gasteiger partial charge < -0.3 is 5.32 Å². The number of piperazine rings is 1. The van der Waals surface area contributed by atoms with E-state index in [0.717, 1.165) is 49.0 Å². The molecule has 1 aliphatic heterocycles. The second kappa shape index (κ2) is 6.04. The van der Waals surface area contributed by atoms with Gasteiger partial charge in [0.05, 0.1) is 16.4 Å². The lowest BCUT2D eigenvalue weighted by atomic mass is 9.93. The van der Waals surface area contributed by atoms with E-state index in [1.165, 1.54) is 0 Å². The van der Waals surface area contributed by atoms with E-state index in [4.69, 9.17) is 11.6 Å². The van der Waals surface area contributed by atoms with E-state index in [1.54, 1.807) is 0 Å². The lowest BCUT2D eigenvalue weighted by Gasteiger charge is -2.45. The maximum atomic E-state index is 6.44. The first-order valence-electron chi connectivity index (χ1n) is 7.61. The molecule has 1 aliphatic rings. The highest BCUT2D eigenvalue weighted by Gasteiger charge is 2.33. The predicted molar refractivity (Wildman–Crippen MR) is 84.2 cm³/mol. The van der Waals surface area contributed by atoms with E-state index < -0.39 is 0 Å². The van der Waals surface area contributed by atoms with Crippen LogP contribution in [0.25, 0.3) is 0 Å². The molecule has 0 aliphatic carbocycles. The molecule has 0 bridgehead atoms. The molecule has 4 nitrogen and oxygen atoms in total. The third-order valence-electron chi connectivity index (χ3n) is 4.59. The fourth-order valence-electron chi connectivity index (χ4n) is 2.84. The van der Waals surface area contributed by atoms with E-state index >= 15 is 0 Å². The molecule has 2 rings (SSSR count). The smallest absolute Gasteiger partial charge is 0.0860 e. The molecule has 2 atom stereocenters. The van der Waals surface area contributed by atoms with Crippen molar-refractivity contribution in [3.63, 3.8) is 0 Å². The van der Waals surface area contributed by atoms with Crippen molar-refractivity contribution in [1.29, 1.82) is 0 Å². The van der Waals surface area contributed by atoms with Crippen LogP contribution < -0.4 is 5.32 Å². The second-order valence-corrected chi connectivity index (χ2v) is 6.59. The monoisotopic (exact) mass is 298 g/mol. The van der Waals surface area contributed by atoms with Crippen molar-refractivity contribution >= 4 is 11.6 Å². The fraction of sp³-hybridized carbons (Fsp3) is 0.800.